The number of ether oxygens (including phenoxy) is 1. The van der Waals surface area contributed by atoms with E-state index in [9.17, 15) is 4.79 Å². The summed E-state index contributed by atoms with van der Waals surface area (Å²) in [6, 6.07) is 4.99. The lowest BCUT2D eigenvalue weighted by Gasteiger charge is -2.15. The van der Waals surface area contributed by atoms with Crippen molar-refractivity contribution >= 4 is 29.1 Å². The first-order valence-corrected chi connectivity index (χ1v) is 7.21. The molecule has 0 saturated carbocycles. The molecule has 1 amide bonds. The number of hydrogen-bond acceptors (Lipinski definition) is 2. The van der Waals surface area contributed by atoms with Crippen molar-refractivity contribution in [3.05, 3.63) is 28.8 Å². The largest absolute Gasteiger partial charge is 0.496 e. The van der Waals surface area contributed by atoms with E-state index in [1.54, 1.807) is 18.2 Å². The minimum Gasteiger partial charge on any atom is -0.496 e. The Kier molecular flexibility index (Phi) is 7.03. The van der Waals surface area contributed by atoms with Gasteiger partial charge >= 0.3 is 0 Å². The maximum atomic E-state index is 12.1. The molecule has 5 heteroatoms. The molecular weight excluding hydrogens is 285 g/mol. The Morgan fingerprint density at radius 1 is 1.47 bits per heavy atom. The number of rotatable bonds is 7. The van der Waals surface area contributed by atoms with Crippen molar-refractivity contribution < 1.29 is 9.53 Å². The Bertz CT molecular complexity index is 424. The summed E-state index contributed by atoms with van der Waals surface area (Å²) in [7, 11) is 1.53. The molecule has 1 N–H and O–H groups in total. The minimum absolute atomic E-state index is 0.174. The lowest BCUT2D eigenvalue weighted by atomic mass is 10.0. The molecule has 106 valence electrons. The highest BCUT2D eigenvalue weighted by molar-refractivity contribution is 6.31. The van der Waals surface area contributed by atoms with Crippen molar-refractivity contribution in [2.75, 3.05) is 19.5 Å². The van der Waals surface area contributed by atoms with Gasteiger partial charge in [0.2, 0.25) is 0 Å². The monoisotopic (exact) mass is 303 g/mol. The van der Waals surface area contributed by atoms with Gasteiger partial charge in [-0.15, -0.1) is 11.6 Å². The third kappa shape index (κ3) is 4.92. The van der Waals surface area contributed by atoms with E-state index in [2.05, 4.69) is 12.2 Å². The van der Waals surface area contributed by atoms with E-state index in [1.165, 1.54) is 7.11 Å². The lowest BCUT2D eigenvalue weighted by molar-refractivity contribution is 0.0943. The van der Waals surface area contributed by atoms with Crippen LogP contribution in [0, 0.1) is 5.92 Å². The van der Waals surface area contributed by atoms with Crippen LogP contribution >= 0.6 is 23.2 Å². The third-order valence-corrected chi connectivity index (χ3v) is 3.51. The predicted molar refractivity (Wildman–Crippen MR) is 79.5 cm³/mol. The van der Waals surface area contributed by atoms with Crippen LogP contribution in [0.15, 0.2) is 18.2 Å². The van der Waals surface area contributed by atoms with E-state index in [0.29, 0.717) is 34.7 Å². The number of methoxy groups -OCH3 is 1. The number of alkyl halides is 1. The van der Waals surface area contributed by atoms with Crippen LogP contribution in [-0.2, 0) is 0 Å². The second-order valence-corrected chi connectivity index (χ2v) is 5.12. The molecule has 0 aliphatic rings. The number of hydrogen-bond donors (Lipinski definition) is 1. The van der Waals surface area contributed by atoms with Crippen LogP contribution in [-0.4, -0.2) is 25.4 Å². The van der Waals surface area contributed by atoms with Crippen LogP contribution in [0.4, 0.5) is 0 Å². The summed E-state index contributed by atoms with van der Waals surface area (Å²) >= 11 is 11.6. The average Bonchev–Trinajstić information content (AvgIpc) is 2.43. The topological polar surface area (TPSA) is 38.3 Å². The van der Waals surface area contributed by atoms with Gasteiger partial charge in [0.05, 0.1) is 12.7 Å². The van der Waals surface area contributed by atoms with Crippen molar-refractivity contribution in [3.8, 4) is 5.75 Å². The Morgan fingerprint density at radius 3 is 2.79 bits per heavy atom. The fourth-order valence-electron chi connectivity index (χ4n) is 1.79. The highest BCUT2D eigenvalue weighted by atomic mass is 35.5. The number of benzene rings is 1. The first-order valence-electron chi connectivity index (χ1n) is 6.30. The van der Waals surface area contributed by atoms with Gasteiger partial charge in [0, 0.05) is 17.4 Å². The molecule has 0 saturated heterocycles. The zero-order valence-corrected chi connectivity index (χ0v) is 12.7. The van der Waals surface area contributed by atoms with E-state index in [-0.39, 0.29) is 5.91 Å². The van der Waals surface area contributed by atoms with Gasteiger partial charge in [-0.05, 0) is 30.5 Å². The number of carbonyl (C=O) groups is 1. The SMILES string of the molecule is CCC(CCCl)CNC(=O)c1cc(Cl)ccc1OC. The molecule has 1 atom stereocenters. The van der Waals surface area contributed by atoms with Gasteiger partial charge in [0.1, 0.15) is 5.75 Å². The fraction of sp³-hybridized carbons (Fsp3) is 0.500. The van der Waals surface area contributed by atoms with Gasteiger partial charge in [0.25, 0.3) is 5.91 Å². The molecule has 0 fully saturated rings. The summed E-state index contributed by atoms with van der Waals surface area (Å²) in [6.07, 6.45) is 1.88. The van der Waals surface area contributed by atoms with Crippen LogP contribution < -0.4 is 10.1 Å². The summed E-state index contributed by atoms with van der Waals surface area (Å²) in [5.74, 6) is 1.35. The molecule has 1 aromatic rings. The van der Waals surface area contributed by atoms with Crippen molar-refractivity contribution in [1.29, 1.82) is 0 Å². The summed E-state index contributed by atoms with van der Waals surface area (Å²) in [4.78, 5) is 12.1. The van der Waals surface area contributed by atoms with Gasteiger partial charge in [-0.3, -0.25) is 4.79 Å². The summed E-state index contributed by atoms with van der Waals surface area (Å²) < 4.78 is 5.16. The molecule has 0 aromatic heterocycles. The third-order valence-electron chi connectivity index (χ3n) is 3.05. The van der Waals surface area contributed by atoms with Crippen molar-refractivity contribution in [1.82, 2.24) is 5.32 Å². The standard InChI is InChI=1S/C14H19Cl2NO2/c1-3-10(6-7-15)9-17-14(18)12-8-11(16)4-5-13(12)19-2/h4-5,8,10H,3,6-7,9H2,1-2H3,(H,17,18). The fourth-order valence-corrected chi connectivity index (χ4v) is 2.28. The van der Waals surface area contributed by atoms with Gasteiger partial charge in [-0.1, -0.05) is 24.9 Å². The minimum atomic E-state index is -0.174. The molecule has 1 unspecified atom stereocenters. The maximum Gasteiger partial charge on any atom is 0.255 e. The number of nitrogens with one attached hydrogen (secondary N) is 1. The zero-order chi connectivity index (χ0) is 14.3. The molecule has 0 radical (unpaired) electrons. The van der Waals surface area contributed by atoms with E-state index >= 15 is 0 Å². The molecule has 1 aromatic carbocycles. The summed E-state index contributed by atoms with van der Waals surface area (Å²) in [6.45, 7) is 2.70. The van der Waals surface area contributed by atoms with Gasteiger partial charge < -0.3 is 10.1 Å². The number of amides is 1. The van der Waals surface area contributed by atoms with E-state index in [1.807, 2.05) is 0 Å². The molecule has 0 spiro atoms. The van der Waals surface area contributed by atoms with Crippen LogP contribution in [0.25, 0.3) is 0 Å². The quantitative estimate of drug-likeness (QED) is 0.779. The maximum absolute atomic E-state index is 12.1. The van der Waals surface area contributed by atoms with Crippen LogP contribution in [0.1, 0.15) is 30.1 Å². The molecule has 1 rings (SSSR count). The Labute approximate surface area is 124 Å². The van der Waals surface area contributed by atoms with Crippen LogP contribution in [0.3, 0.4) is 0 Å². The highest BCUT2D eigenvalue weighted by Gasteiger charge is 2.14. The van der Waals surface area contributed by atoms with Gasteiger partial charge in [0.15, 0.2) is 0 Å². The molecule has 19 heavy (non-hydrogen) atoms. The molecule has 0 heterocycles. The second-order valence-electron chi connectivity index (χ2n) is 4.31. The lowest BCUT2D eigenvalue weighted by Crippen LogP contribution is -2.29. The first-order chi connectivity index (χ1) is 9.12. The first kappa shape index (κ1) is 16.1. The van der Waals surface area contributed by atoms with Crippen molar-refractivity contribution in [2.45, 2.75) is 19.8 Å². The Balaban J connectivity index is 2.69. The van der Waals surface area contributed by atoms with Crippen molar-refractivity contribution in [3.63, 3.8) is 0 Å². The van der Waals surface area contributed by atoms with Gasteiger partial charge in [-0.2, -0.15) is 0 Å². The van der Waals surface area contributed by atoms with Crippen LogP contribution in [0.5, 0.6) is 5.75 Å². The summed E-state index contributed by atoms with van der Waals surface area (Å²) in [5.41, 5.74) is 0.454. The van der Waals surface area contributed by atoms with E-state index < -0.39 is 0 Å². The smallest absolute Gasteiger partial charge is 0.255 e. The number of carbonyl (C=O) groups excluding carboxylic acids is 1. The average molecular weight is 304 g/mol. The van der Waals surface area contributed by atoms with E-state index in [0.717, 1.165) is 12.8 Å². The Hall–Kier alpha value is -0.930. The Morgan fingerprint density at radius 2 is 2.21 bits per heavy atom. The van der Waals surface area contributed by atoms with Crippen molar-refractivity contribution in [2.24, 2.45) is 5.92 Å². The van der Waals surface area contributed by atoms with E-state index in [4.69, 9.17) is 27.9 Å². The molecule has 0 aliphatic carbocycles. The van der Waals surface area contributed by atoms with Gasteiger partial charge in [-0.25, -0.2) is 0 Å². The summed E-state index contributed by atoms with van der Waals surface area (Å²) in [5, 5.41) is 3.41. The predicted octanol–water partition coefficient (Wildman–Crippen LogP) is 3.73. The normalized spacial score (nSPS) is 12.0. The molecule has 0 aliphatic heterocycles. The van der Waals surface area contributed by atoms with Crippen LogP contribution in [0.2, 0.25) is 5.02 Å². The highest BCUT2D eigenvalue weighted by Crippen LogP contribution is 2.22. The second kappa shape index (κ2) is 8.28. The molecular formula is C14H19Cl2NO2. The zero-order valence-electron chi connectivity index (χ0n) is 11.2. The molecule has 0 bridgehead atoms. The number of halogens is 2. The molecule has 3 nitrogen and oxygen atoms in total.